The number of hydrogen-bond donors (Lipinski definition) is 0. The Morgan fingerprint density at radius 3 is 2.33 bits per heavy atom. The standard InChI is InChI=1S/C24H30N4O2/c1-15(2)19-6-8-21(9-7-19)28-16(3)14-22(17(28)4)24(29)27-12-10-20(11-13-27)23-25-18(5)26-30-23/h6-9,14-15,20H,10-13H2,1-5H3. The second-order valence-electron chi connectivity index (χ2n) is 8.61. The Labute approximate surface area is 177 Å². The van der Waals surface area contributed by atoms with E-state index in [4.69, 9.17) is 4.52 Å². The fraction of sp³-hybridized carbons (Fsp3) is 0.458. The van der Waals surface area contributed by atoms with Crippen LogP contribution < -0.4 is 0 Å². The van der Waals surface area contributed by atoms with E-state index in [2.05, 4.69) is 59.7 Å². The van der Waals surface area contributed by atoms with Crippen LogP contribution in [0.15, 0.2) is 34.9 Å². The van der Waals surface area contributed by atoms with Crippen LogP contribution in [0.1, 0.15) is 77.5 Å². The molecular weight excluding hydrogens is 376 g/mol. The normalized spacial score (nSPS) is 15.2. The van der Waals surface area contributed by atoms with Crippen LogP contribution in [0.25, 0.3) is 5.69 Å². The fourth-order valence-electron chi connectivity index (χ4n) is 4.36. The Morgan fingerprint density at radius 2 is 1.77 bits per heavy atom. The van der Waals surface area contributed by atoms with Crippen LogP contribution in [0.2, 0.25) is 0 Å². The van der Waals surface area contributed by atoms with E-state index in [1.807, 2.05) is 24.8 Å². The van der Waals surface area contributed by atoms with Crippen molar-refractivity contribution in [3.05, 3.63) is 64.6 Å². The number of carbonyl (C=O) groups is 1. The molecule has 30 heavy (non-hydrogen) atoms. The minimum atomic E-state index is 0.105. The van der Waals surface area contributed by atoms with Crippen molar-refractivity contribution in [2.75, 3.05) is 13.1 Å². The van der Waals surface area contributed by atoms with Gasteiger partial charge in [-0.1, -0.05) is 31.1 Å². The van der Waals surface area contributed by atoms with E-state index in [1.54, 1.807) is 0 Å². The maximum Gasteiger partial charge on any atom is 0.255 e. The van der Waals surface area contributed by atoms with E-state index in [0.29, 0.717) is 30.7 Å². The van der Waals surface area contributed by atoms with E-state index >= 15 is 0 Å². The lowest BCUT2D eigenvalue weighted by molar-refractivity contribution is 0.0704. The lowest BCUT2D eigenvalue weighted by atomic mass is 9.96. The van der Waals surface area contributed by atoms with Crippen molar-refractivity contribution in [2.24, 2.45) is 0 Å². The molecule has 3 heterocycles. The first-order chi connectivity index (χ1) is 14.3. The van der Waals surface area contributed by atoms with Crippen molar-refractivity contribution < 1.29 is 9.32 Å². The summed E-state index contributed by atoms with van der Waals surface area (Å²) in [6.07, 6.45) is 1.70. The van der Waals surface area contributed by atoms with Crippen LogP contribution in [0, 0.1) is 20.8 Å². The third kappa shape index (κ3) is 3.78. The molecule has 0 radical (unpaired) electrons. The number of rotatable bonds is 4. The molecule has 158 valence electrons. The Bertz CT molecular complexity index is 1040. The zero-order valence-electron chi connectivity index (χ0n) is 18.5. The van der Waals surface area contributed by atoms with E-state index in [0.717, 1.165) is 35.5 Å². The van der Waals surface area contributed by atoms with Crippen molar-refractivity contribution in [3.63, 3.8) is 0 Å². The number of aromatic nitrogens is 3. The van der Waals surface area contributed by atoms with Gasteiger partial charge in [-0.25, -0.2) is 0 Å². The molecule has 1 saturated heterocycles. The van der Waals surface area contributed by atoms with E-state index in [-0.39, 0.29) is 11.8 Å². The molecule has 0 spiro atoms. The average Bonchev–Trinajstić information content (AvgIpc) is 3.30. The molecule has 0 unspecified atom stereocenters. The number of piperidine rings is 1. The van der Waals surface area contributed by atoms with Gasteiger partial charge in [0, 0.05) is 36.1 Å². The summed E-state index contributed by atoms with van der Waals surface area (Å²) in [7, 11) is 0. The Balaban J connectivity index is 1.51. The van der Waals surface area contributed by atoms with Gasteiger partial charge in [0.25, 0.3) is 5.91 Å². The molecule has 2 aromatic heterocycles. The molecule has 1 fully saturated rings. The number of hydrogen-bond acceptors (Lipinski definition) is 4. The largest absolute Gasteiger partial charge is 0.339 e. The fourth-order valence-corrected chi connectivity index (χ4v) is 4.36. The molecule has 0 aliphatic carbocycles. The SMILES string of the molecule is Cc1noc(C2CCN(C(=O)c3cc(C)n(-c4ccc(C(C)C)cc4)c3C)CC2)n1. The quantitative estimate of drug-likeness (QED) is 0.616. The number of carbonyl (C=O) groups excluding carboxylic acids is 1. The summed E-state index contributed by atoms with van der Waals surface area (Å²) < 4.78 is 7.50. The van der Waals surface area contributed by atoms with Crippen molar-refractivity contribution in [3.8, 4) is 5.69 Å². The van der Waals surface area contributed by atoms with Gasteiger partial charge in [-0.2, -0.15) is 4.98 Å². The van der Waals surface area contributed by atoms with Crippen molar-refractivity contribution in [1.29, 1.82) is 0 Å². The summed E-state index contributed by atoms with van der Waals surface area (Å²) in [5, 5.41) is 3.89. The third-order valence-electron chi connectivity index (χ3n) is 6.15. The Hall–Kier alpha value is -2.89. The highest BCUT2D eigenvalue weighted by Gasteiger charge is 2.29. The molecule has 3 aromatic rings. The molecule has 1 aromatic carbocycles. The maximum atomic E-state index is 13.3. The van der Waals surface area contributed by atoms with Gasteiger partial charge < -0.3 is 14.0 Å². The van der Waals surface area contributed by atoms with Crippen LogP contribution in [-0.2, 0) is 0 Å². The van der Waals surface area contributed by atoms with E-state index in [1.165, 1.54) is 5.56 Å². The summed E-state index contributed by atoms with van der Waals surface area (Å²) in [5.41, 5.74) is 5.26. The van der Waals surface area contributed by atoms with Crippen LogP contribution >= 0.6 is 0 Å². The van der Waals surface area contributed by atoms with Gasteiger partial charge in [0.05, 0.1) is 5.56 Å². The molecule has 4 rings (SSSR count). The van der Waals surface area contributed by atoms with Gasteiger partial charge in [-0.15, -0.1) is 0 Å². The maximum absolute atomic E-state index is 13.3. The summed E-state index contributed by atoms with van der Waals surface area (Å²) in [6, 6.07) is 10.6. The molecule has 0 atom stereocenters. The first-order valence-electron chi connectivity index (χ1n) is 10.7. The first kappa shape index (κ1) is 20.4. The molecular formula is C24H30N4O2. The Morgan fingerprint density at radius 1 is 1.10 bits per heavy atom. The summed E-state index contributed by atoms with van der Waals surface area (Å²) in [4.78, 5) is 19.6. The van der Waals surface area contributed by atoms with Crippen LogP contribution in [0.5, 0.6) is 0 Å². The molecule has 1 aliphatic heterocycles. The molecule has 6 heteroatoms. The lowest BCUT2D eigenvalue weighted by Gasteiger charge is -2.30. The van der Waals surface area contributed by atoms with Crippen molar-refractivity contribution in [2.45, 2.75) is 59.3 Å². The van der Waals surface area contributed by atoms with Crippen molar-refractivity contribution in [1.82, 2.24) is 19.6 Å². The summed E-state index contributed by atoms with van der Waals surface area (Å²) >= 11 is 0. The number of benzene rings is 1. The number of nitrogens with zero attached hydrogens (tertiary/aromatic N) is 4. The van der Waals surface area contributed by atoms with Gasteiger partial charge >= 0.3 is 0 Å². The lowest BCUT2D eigenvalue weighted by Crippen LogP contribution is -2.38. The molecule has 1 amide bonds. The zero-order valence-corrected chi connectivity index (χ0v) is 18.5. The molecule has 1 aliphatic rings. The van der Waals surface area contributed by atoms with Gasteiger partial charge in [0.2, 0.25) is 5.89 Å². The second kappa shape index (κ2) is 8.09. The van der Waals surface area contributed by atoms with Gasteiger partial charge in [0.15, 0.2) is 5.82 Å². The Kier molecular flexibility index (Phi) is 5.50. The minimum Gasteiger partial charge on any atom is -0.339 e. The second-order valence-corrected chi connectivity index (χ2v) is 8.61. The molecule has 6 nitrogen and oxygen atoms in total. The average molecular weight is 407 g/mol. The summed E-state index contributed by atoms with van der Waals surface area (Å²) in [6.45, 7) is 11.7. The van der Waals surface area contributed by atoms with Crippen LogP contribution in [0.3, 0.4) is 0 Å². The summed E-state index contributed by atoms with van der Waals surface area (Å²) in [5.74, 6) is 2.21. The number of likely N-dealkylation sites (tertiary alicyclic amines) is 1. The van der Waals surface area contributed by atoms with Crippen LogP contribution in [0.4, 0.5) is 0 Å². The molecule has 0 N–H and O–H groups in total. The number of aryl methyl sites for hydroxylation is 2. The predicted molar refractivity (Wildman–Crippen MR) is 116 cm³/mol. The number of amides is 1. The van der Waals surface area contributed by atoms with E-state index in [9.17, 15) is 4.79 Å². The van der Waals surface area contributed by atoms with Gasteiger partial charge in [-0.05, 0) is 63.3 Å². The highest BCUT2D eigenvalue weighted by atomic mass is 16.5. The monoisotopic (exact) mass is 406 g/mol. The molecule has 0 bridgehead atoms. The van der Waals surface area contributed by atoms with Gasteiger partial charge in [-0.3, -0.25) is 4.79 Å². The topological polar surface area (TPSA) is 64.2 Å². The van der Waals surface area contributed by atoms with Gasteiger partial charge in [0.1, 0.15) is 0 Å². The smallest absolute Gasteiger partial charge is 0.255 e. The first-order valence-corrected chi connectivity index (χ1v) is 10.7. The molecule has 0 saturated carbocycles. The minimum absolute atomic E-state index is 0.105. The highest BCUT2D eigenvalue weighted by Crippen LogP contribution is 2.29. The third-order valence-corrected chi connectivity index (χ3v) is 6.15. The predicted octanol–water partition coefficient (Wildman–Crippen LogP) is 4.93. The van der Waals surface area contributed by atoms with Crippen molar-refractivity contribution >= 4 is 5.91 Å². The van der Waals surface area contributed by atoms with E-state index < -0.39 is 0 Å². The van der Waals surface area contributed by atoms with Crippen LogP contribution in [-0.4, -0.2) is 38.6 Å². The highest BCUT2D eigenvalue weighted by molar-refractivity contribution is 5.96. The zero-order chi connectivity index (χ0) is 21.4.